The minimum Gasteiger partial charge on any atom is -0.814 e. The summed E-state index contributed by atoms with van der Waals surface area (Å²) in [5.74, 6) is 0. The molecule has 2 rings (SSSR count). The van der Waals surface area contributed by atoms with E-state index in [0.29, 0.717) is 0 Å². The van der Waals surface area contributed by atoms with Crippen LogP contribution >= 0.6 is 0 Å². The van der Waals surface area contributed by atoms with E-state index in [-0.39, 0.29) is 24.5 Å². The van der Waals surface area contributed by atoms with Crippen molar-refractivity contribution in [2.75, 3.05) is 27.2 Å². The van der Waals surface area contributed by atoms with Crippen molar-refractivity contribution in [2.45, 2.75) is 20.0 Å². The summed E-state index contributed by atoms with van der Waals surface area (Å²) in [6, 6.07) is 12.1. The fraction of sp³-hybridized carbons (Fsp3) is 0.350. The van der Waals surface area contributed by atoms with Crippen molar-refractivity contribution in [1.82, 2.24) is 19.8 Å². The van der Waals surface area contributed by atoms with Gasteiger partial charge in [-0.3, -0.25) is 19.8 Å². The second-order valence-corrected chi connectivity index (χ2v) is 5.38. The standard InChI is InChI=1S/C16H22N4.C2H4N.CHN.CH3.Fe/c1-19(13-15-7-3-5-9-17-15)11-12-20(2)14-16-8-4-6-10-18-16;1-2-3;1-2;;/h3-10H,11-14H2,1-2H3;2H,1H3;1H;1H3;/q;-1;;-1;+4. The molecule has 0 fully saturated rings. The molecule has 0 saturated heterocycles. The third kappa shape index (κ3) is 15.8. The maximum Gasteiger partial charge on any atom is 4.00 e. The van der Waals surface area contributed by atoms with Gasteiger partial charge in [-0.1, -0.05) is 19.1 Å². The van der Waals surface area contributed by atoms with Crippen molar-refractivity contribution in [1.29, 1.82) is 5.26 Å². The number of hydrogen-bond donors (Lipinski definition) is 0. The molecule has 0 unspecified atom stereocenters. The molecule has 2 heterocycles. The molecule has 27 heavy (non-hydrogen) atoms. The SMILES string of the molecule is C#N.CC=[N-].CN(CCN(C)Cc1ccccn1)Cc1ccccn1.[CH3-].[Fe+4]. The van der Waals surface area contributed by atoms with Gasteiger partial charge in [0.15, 0.2) is 0 Å². The number of hydrogen-bond acceptors (Lipinski definition) is 5. The van der Waals surface area contributed by atoms with E-state index in [4.69, 9.17) is 10.7 Å². The van der Waals surface area contributed by atoms with Gasteiger partial charge >= 0.3 is 17.1 Å². The van der Waals surface area contributed by atoms with Crippen LogP contribution < -0.4 is 0 Å². The van der Waals surface area contributed by atoms with Crippen molar-refractivity contribution in [3.05, 3.63) is 73.0 Å². The predicted molar refractivity (Wildman–Crippen MR) is 109 cm³/mol. The first kappa shape index (κ1) is 29.7. The van der Waals surface area contributed by atoms with Gasteiger partial charge in [0, 0.05) is 45.1 Å². The monoisotopic (exact) mass is 410 g/mol. The van der Waals surface area contributed by atoms with Crippen molar-refractivity contribution < 1.29 is 17.1 Å². The van der Waals surface area contributed by atoms with Crippen molar-refractivity contribution in [2.24, 2.45) is 0 Å². The summed E-state index contributed by atoms with van der Waals surface area (Å²) in [5, 5.41) is 13.9. The molecule has 6 nitrogen and oxygen atoms in total. The number of pyridine rings is 2. The molecule has 0 atom stereocenters. The zero-order valence-electron chi connectivity index (χ0n) is 16.6. The Morgan fingerprint density at radius 2 is 1.26 bits per heavy atom. The van der Waals surface area contributed by atoms with Gasteiger partial charge in [0.25, 0.3) is 0 Å². The summed E-state index contributed by atoms with van der Waals surface area (Å²) < 4.78 is 0. The zero-order chi connectivity index (χ0) is 18.9. The number of likely N-dealkylation sites (N-methyl/N-ethyl adjacent to an activating group) is 2. The number of aromatic nitrogens is 2. The number of nitriles is 1. The quantitative estimate of drug-likeness (QED) is 0.398. The molecular formula is C20H30FeN6+2. The second kappa shape index (κ2) is 20.2. The molecule has 0 bridgehead atoms. The first-order chi connectivity index (χ1) is 12.2. The third-order valence-electron chi connectivity index (χ3n) is 3.18. The first-order valence-electron chi connectivity index (χ1n) is 8.00. The second-order valence-electron chi connectivity index (χ2n) is 5.38. The van der Waals surface area contributed by atoms with Gasteiger partial charge in [0.1, 0.15) is 0 Å². The number of nitrogens with zero attached hydrogens (tertiary/aromatic N) is 6. The van der Waals surface area contributed by atoms with Crippen LogP contribution in [0.5, 0.6) is 0 Å². The Labute approximate surface area is 175 Å². The van der Waals surface area contributed by atoms with Crippen molar-refractivity contribution >= 4 is 6.21 Å². The van der Waals surface area contributed by atoms with Crippen LogP contribution in [-0.2, 0) is 30.2 Å². The normalized spacial score (nSPS) is 8.85. The predicted octanol–water partition coefficient (Wildman–Crippen LogP) is 3.27. The topological polar surface area (TPSA) is 78.4 Å². The van der Waals surface area contributed by atoms with Gasteiger partial charge in [-0.05, 0) is 38.4 Å². The summed E-state index contributed by atoms with van der Waals surface area (Å²) in [6.07, 6.45) is 4.69. The summed E-state index contributed by atoms with van der Waals surface area (Å²) in [4.78, 5) is 13.3. The Balaban J connectivity index is -0.000000750. The maximum absolute atomic E-state index is 7.44. The Bertz CT molecular complexity index is 529. The van der Waals surface area contributed by atoms with Crippen LogP contribution in [0.15, 0.2) is 48.8 Å². The molecule has 0 radical (unpaired) electrons. The van der Waals surface area contributed by atoms with Crippen LogP contribution in [0.1, 0.15) is 18.3 Å². The third-order valence-corrected chi connectivity index (χ3v) is 3.18. The van der Waals surface area contributed by atoms with E-state index in [9.17, 15) is 0 Å². The van der Waals surface area contributed by atoms with Crippen LogP contribution in [-0.4, -0.2) is 53.2 Å². The van der Waals surface area contributed by atoms with Gasteiger partial charge < -0.3 is 12.8 Å². The van der Waals surface area contributed by atoms with E-state index in [2.05, 4.69) is 52.6 Å². The van der Waals surface area contributed by atoms with Crippen molar-refractivity contribution in [3.63, 3.8) is 0 Å². The smallest absolute Gasteiger partial charge is 0.814 e. The average molecular weight is 410 g/mol. The zero-order valence-corrected chi connectivity index (χ0v) is 17.7. The van der Waals surface area contributed by atoms with Crippen LogP contribution in [0.4, 0.5) is 0 Å². The van der Waals surface area contributed by atoms with Crippen LogP contribution in [0, 0.1) is 19.3 Å². The van der Waals surface area contributed by atoms with E-state index in [1.807, 2.05) is 36.7 Å². The molecule has 0 aliphatic heterocycles. The minimum atomic E-state index is 0. The maximum atomic E-state index is 7.44. The molecule has 7 heteroatoms. The fourth-order valence-electron chi connectivity index (χ4n) is 2.04. The van der Waals surface area contributed by atoms with Gasteiger partial charge in [-0.15, -0.1) is 0 Å². The summed E-state index contributed by atoms with van der Waals surface area (Å²) >= 11 is 0. The largest absolute Gasteiger partial charge is 4.00 e. The van der Waals surface area contributed by atoms with Crippen LogP contribution in [0.25, 0.3) is 5.41 Å². The Kier molecular flexibility index (Phi) is 22.2. The first-order valence-corrected chi connectivity index (χ1v) is 8.00. The molecule has 0 saturated carbocycles. The minimum absolute atomic E-state index is 0. The van der Waals surface area contributed by atoms with Crippen LogP contribution in [0.2, 0.25) is 0 Å². The fourth-order valence-corrected chi connectivity index (χ4v) is 2.04. The summed E-state index contributed by atoms with van der Waals surface area (Å²) in [6.45, 7) is 8.86. The molecule has 146 valence electrons. The molecule has 0 N–H and O–H groups in total. The van der Waals surface area contributed by atoms with Gasteiger partial charge in [-0.25, -0.2) is 11.5 Å². The van der Waals surface area contributed by atoms with E-state index in [1.54, 1.807) is 6.92 Å². The number of rotatable bonds is 7. The molecule has 2 aromatic rings. The Morgan fingerprint density at radius 3 is 1.52 bits per heavy atom. The Hall–Kier alpha value is -2.10. The molecule has 0 spiro atoms. The molecule has 0 aromatic carbocycles. The summed E-state index contributed by atoms with van der Waals surface area (Å²) in [5.41, 5.74) is 2.23. The van der Waals surface area contributed by atoms with E-state index in [0.717, 1.165) is 43.8 Å². The van der Waals surface area contributed by atoms with Gasteiger partial charge in [-0.2, -0.15) is 0 Å². The molecule has 2 aromatic heterocycles. The van der Waals surface area contributed by atoms with Gasteiger partial charge in [0.2, 0.25) is 0 Å². The van der Waals surface area contributed by atoms with E-state index < -0.39 is 0 Å². The summed E-state index contributed by atoms with van der Waals surface area (Å²) in [7, 11) is 4.26. The van der Waals surface area contributed by atoms with Gasteiger partial charge in [0.05, 0.1) is 11.4 Å². The van der Waals surface area contributed by atoms with Crippen LogP contribution in [0.3, 0.4) is 0 Å². The Morgan fingerprint density at radius 1 is 0.926 bits per heavy atom. The molecular weight excluding hydrogens is 380 g/mol. The van der Waals surface area contributed by atoms with Crippen molar-refractivity contribution in [3.8, 4) is 6.57 Å². The molecule has 0 aliphatic rings. The van der Waals surface area contributed by atoms with E-state index in [1.165, 1.54) is 0 Å². The molecule has 0 amide bonds. The molecule has 0 aliphatic carbocycles. The van der Waals surface area contributed by atoms with E-state index >= 15 is 0 Å². The average Bonchev–Trinajstić information content (AvgIpc) is 2.64.